The highest BCUT2D eigenvalue weighted by Crippen LogP contribution is 2.33. The number of nitrogens with zero attached hydrogens (tertiary/aromatic N) is 2. The first kappa shape index (κ1) is 22.0. The average molecular weight is 388 g/mol. The van der Waals surface area contributed by atoms with E-state index in [1.54, 1.807) is 7.05 Å². The molecule has 4 amide bonds. The van der Waals surface area contributed by atoms with Crippen molar-refractivity contribution < 1.29 is 32.1 Å². The Kier molecular flexibility index (Phi) is 7.22. The van der Waals surface area contributed by atoms with Crippen molar-refractivity contribution >= 4 is 33.7 Å². The molecule has 1 aliphatic carbocycles. The topological polar surface area (TPSA) is 129 Å². The van der Waals surface area contributed by atoms with E-state index in [9.17, 15) is 27.6 Å². The lowest BCUT2D eigenvalue weighted by Crippen LogP contribution is -2.31. The molecule has 2 saturated heterocycles. The first-order valence-electron chi connectivity index (χ1n) is 8.28. The molecule has 3 atom stereocenters. The Morgan fingerprint density at radius 1 is 0.885 bits per heavy atom. The molecule has 0 aromatic heterocycles. The smallest absolute Gasteiger partial charge is 0.277 e. The lowest BCUT2D eigenvalue weighted by molar-refractivity contribution is -0.139. The van der Waals surface area contributed by atoms with Gasteiger partial charge in [-0.2, -0.15) is 8.42 Å². The minimum absolute atomic E-state index is 0.00523. The van der Waals surface area contributed by atoms with Gasteiger partial charge in [0.15, 0.2) is 5.25 Å². The van der Waals surface area contributed by atoms with Crippen LogP contribution in [0.5, 0.6) is 0 Å². The van der Waals surface area contributed by atoms with E-state index in [1.807, 2.05) is 26.0 Å². The molecular formula is C16H24N2O7S. The van der Waals surface area contributed by atoms with Crippen LogP contribution in [0.2, 0.25) is 0 Å². The minimum Gasteiger partial charge on any atom is -0.285 e. The van der Waals surface area contributed by atoms with Gasteiger partial charge in [0.1, 0.15) is 0 Å². The molecule has 2 aliphatic heterocycles. The highest BCUT2D eigenvalue weighted by atomic mass is 32.2. The largest absolute Gasteiger partial charge is 0.285 e. The van der Waals surface area contributed by atoms with E-state index in [0.29, 0.717) is 4.90 Å². The van der Waals surface area contributed by atoms with E-state index < -0.39 is 33.6 Å². The van der Waals surface area contributed by atoms with Crippen LogP contribution in [0.4, 0.5) is 0 Å². The molecule has 26 heavy (non-hydrogen) atoms. The summed E-state index contributed by atoms with van der Waals surface area (Å²) in [6.45, 7) is 4.00. The normalized spacial score (nSPS) is 27.7. The van der Waals surface area contributed by atoms with Gasteiger partial charge >= 0.3 is 0 Å². The van der Waals surface area contributed by atoms with E-state index in [1.165, 1.54) is 11.9 Å². The molecule has 0 spiro atoms. The van der Waals surface area contributed by atoms with Crippen molar-refractivity contribution in [2.75, 3.05) is 14.1 Å². The van der Waals surface area contributed by atoms with E-state index in [2.05, 4.69) is 0 Å². The lowest BCUT2D eigenvalue weighted by Gasteiger charge is -2.14. The number of likely N-dealkylation sites (tertiary alicyclic amines) is 2. The van der Waals surface area contributed by atoms with Gasteiger partial charge in [-0.3, -0.25) is 33.5 Å². The number of amides is 4. The highest BCUT2D eigenvalue weighted by Gasteiger charge is 2.45. The van der Waals surface area contributed by atoms with Crippen molar-refractivity contribution in [1.82, 2.24) is 9.80 Å². The molecule has 2 heterocycles. The van der Waals surface area contributed by atoms with Crippen LogP contribution in [-0.4, -0.2) is 65.7 Å². The maximum absolute atomic E-state index is 11.4. The van der Waals surface area contributed by atoms with E-state index in [4.69, 9.17) is 4.55 Å². The molecule has 2 fully saturated rings. The number of carbonyl (C=O) groups is 4. The SMILES string of the molecule is CC.CN1C(=O)C2CC=CCC2C1=O.CN1C(=O)CC(S(=O)(=O)O)C1=O. The Hall–Kier alpha value is -2.07. The molecule has 0 bridgehead atoms. The number of hydrogen-bond acceptors (Lipinski definition) is 6. The molecule has 0 radical (unpaired) electrons. The number of hydrogen-bond donors (Lipinski definition) is 1. The number of imide groups is 2. The zero-order valence-electron chi connectivity index (χ0n) is 15.2. The maximum Gasteiger partial charge on any atom is 0.277 e. The molecule has 0 aromatic carbocycles. The van der Waals surface area contributed by atoms with Gasteiger partial charge in [0.05, 0.1) is 18.3 Å². The summed E-state index contributed by atoms with van der Waals surface area (Å²) in [6.07, 6.45) is 4.99. The summed E-state index contributed by atoms with van der Waals surface area (Å²) >= 11 is 0. The monoisotopic (exact) mass is 388 g/mol. The third-order valence-corrected chi connectivity index (χ3v) is 5.52. The van der Waals surface area contributed by atoms with Gasteiger partial charge in [-0.05, 0) is 12.8 Å². The number of rotatable bonds is 1. The van der Waals surface area contributed by atoms with Crippen LogP contribution >= 0.6 is 0 Å². The maximum atomic E-state index is 11.4. The minimum atomic E-state index is -4.43. The molecule has 9 nitrogen and oxygen atoms in total. The van der Waals surface area contributed by atoms with Gasteiger partial charge in [0, 0.05) is 14.1 Å². The van der Waals surface area contributed by atoms with Crippen molar-refractivity contribution in [2.24, 2.45) is 11.8 Å². The third kappa shape index (κ3) is 4.36. The molecule has 3 unspecified atom stereocenters. The average Bonchev–Trinajstić information content (AvgIpc) is 3.00. The van der Waals surface area contributed by atoms with Crippen LogP contribution in [0.15, 0.2) is 12.2 Å². The summed E-state index contributed by atoms with van der Waals surface area (Å²) in [7, 11) is -1.68. The summed E-state index contributed by atoms with van der Waals surface area (Å²) < 4.78 is 29.5. The third-order valence-electron chi connectivity index (χ3n) is 4.43. The van der Waals surface area contributed by atoms with Gasteiger partial charge in [-0.1, -0.05) is 26.0 Å². The second kappa shape index (κ2) is 8.54. The van der Waals surface area contributed by atoms with Crippen LogP contribution < -0.4 is 0 Å². The Labute approximate surface area is 152 Å². The van der Waals surface area contributed by atoms with Gasteiger partial charge in [-0.15, -0.1) is 0 Å². The van der Waals surface area contributed by atoms with Gasteiger partial charge in [0.2, 0.25) is 23.6 Å². The molecular weight excluding hydrogens is 364 g/mol. The number of fused-ring (bicyclic) bond motifs is 1. The molecule has 10 heteroatoms. The Morgan fingerprint density at radius 3 is 1.58 bits per heavy atom. The molecule has 0 saturated carbocycles. The predicted octanol–water partition coefficient (Wildman–Crippen LogP) is 0.225. The summed E-state index contributed by atoms with van der Waals surface area (Å²) in [5.74, 6) is -1.60. The van der Waals surface area contributed by atoms with Crippen LogP contribution in [0.3, 0.4) is 0 Å². The molecule has 1 N–H and O–H groups in total. The van der Waals surface area contributed by atoms with Gasteiger partial charge in [-0.25, -0.2) is 0 Å². The number of allylic oxidation sites excluding steroid dienone is 2. The van der Waals surface area contributed by atoms with Crippen molar-refractivity contribution in [3.05, 3.63) is 12.2 Å². The highest BCUT2D eigenvalue weighted by molar-refractivity contribution is 7.87. The van der Waals surface area contributed by atoms with Crippen molar-refractivity contribution in [1.29, 1.82) is 0 Å². The summed E-state index contributed by atoms with van der Waals surface area (Å²) in [5.41, 5.74) is 0. The second-order valence-electron chi connectivity index (χ2n) is 5.89. The fourth-order valence-corrected chi connectivity index (χ4v) is 3.69. The predicted molar refractivity (Wildman–Crippen MR) is 92.2 cm³/mol. The first-order chi connectivity index (χ1) is 12.1. The standard InChI is InChI=1S/C9H11NO2.C5H7NO5S.C2H6/c1-10-8(11)6-4-2-3-5-7(6)9(10)12;1-6-4(7)2-3(5(6)8)12(9,10)11;1-2/h2-3,6-7H,4-5H2,1H3;3H,2H2,1H3,(H,9,10,11);1-2H3. The zero-order chi connectivity index (χ0) is 20.2. The summed E-state index contributed by atoms with van der Waals surface area (Å²) in [5, 5.41) is -1.60. The van der Waals surface area contributed by atoms with Gasteiger partial charge < -0.3 is 0 Å². The molecule has 3 aliphatic rings. The molecule has 0 aromatic rings. The van der Waals surface area contributed by atoms with Crippen LogP contribution in [-0.2, 0) is 29.3 Å². The second-order valence-corrected chi connectivity index (χ2v) is 7.49. The van der Waals surface area contributed by atoms with Crippen LogP contribution in [0.25, 0.3) is 0 Å². The van der Waals surface area contributed by atoms with E-state index >= 15 is 0 Å². The van der Waals surface area contributed by atoms with Crippen LogP contribution in [0, 0.1) is 11.8 Å². The summed E-state index contributed by atoms with van der Waals surface area (Å²) in [4.78, 5) is 46.5. The number of carbonyl (C=O) groups excluding carboxylic acids is 4. The Balaban J connectivity index is 0.000000238. The van der Waals surface area contributed by atoms with Gasteiger partial charge in [0.25, 0.3) is 10.1 Å². The van der Waals surface area contributed by atoms with Crippen molar-refractivity contribution in [3.63, 3.8) is 0 Å². The fraction of sp³-hybridized carbons (Fsp3) is 0.625. The van der Waals surface area contributed by atoms with Crippen molar-refractivity contribution in [2.45, 2.75) is 38.4 Å². The fourth-order valence-electron chi connectivity index (χ4n) is 2.92. The first-order valence-corrected chi connectivity index (χ1v) is 9.79. The zero-order valence-corrected chi connectivity index (χ0v) is 16.0. The molecule has 3 rings (SSSR count). The Bertz CT molecular complexity index is 703. The molecule has 146 valence electrons. The Morgan fingerprint density at radius 2 is 1.31 bits per heavy atom. The quantitative estimate of drug-likeness (QED) is 0.386. The van der Waals surface area contributed by atoms with Crippen molar-refractivity contribution in [3.8, 4) is 0 Å². The lowest BCUT2D eigenvalue weighted by atomic mass is 9.85. The summed E-state index contributed by atoms with van der Waals surface area (Å²) in [6, 6.07) is 0. The van der Waals surface area contributed by atoms with Crippen LogP contribution in [0.1, 0.15) is 33.1 Å². The van der Waals surface area contributed by atoms with E-state index in [-0.39, 0.29) is 23.7 Å². The van der Waals surface area contributed by atoms with E-state index in [0.717, 1.165) is 12.8 Å².